The van der Waals surface area contributed by atoms with Crippen molar-refractivity contribution in [1.29, 1.82) is 0 Å². The summed E-state index contributed by atoms with van der Waals surface area (Å²) in [4.78, 5) is 0. The van der Waals surface area contributed by atoms with Crippen molar-refractivity contribution in [3.05, 3.63) is 66.0 Å². The highest BCUT2D eigenvalue weighted by atomic mass is 32.1. The molecule has 0 saturated heterocycles. The minimum Gasteiger partial charge on any atom is -0.331 e. The molecule has 0 aliphatic rings. The van der Waals surface area contributed by atoms with Crippen LogP contribution in [-0.4, -0.2) is 11.3 Å². The van der Waals surface area contributed by atoms with Gasteiger partial charge in [0.2, 0.25) is 0 Å². The fourth-order valence-corrected chi connectivity index (χ4v) is 1.59. The molecule has 96 valence electrons. The van der Waals surface area contributed by atoms with E-state index in [4.69, 9.17) is 12.2 Å². The van der Waals surface area contributed by atoms with E-state index < -0.39 is 0 Å². The summed E-state index contributed by atoms with van der Waals surface area (Å²) in [5.74, 6) is -0.324. The van der Waals surface area contributed by atoms with Crippen LogP contribution in [-0.2, 0) is 0 Å². The van der Waals surface area contributed by atoms with Crippen molar-refractivity contribution in [3.63, 3.8) is 0 Å². The van der Waals surface area contributed by atoms with E-state index in [1.807, 2.05) is 30.3 Å². The maximum atomic E-state index is 13.3. The second-order valence-electron chi connectivity index (χ2n) is 3.71. The van der Waals surface area contributed by atoms with Crippen LogP contribution in [0.1, 0.15) is 5.56 Å². The van der Waals surface area contributed by atoms with Gasteiger partial charge in [-0.25, -0.2) is 4.39 Å². The minimum atomic E-state index is -0.324. The molecule has 5 heteroatoms. The van der Waals surface area contributed by atoms with Crippen LogP contribution >= 0.6 is 12.2 Å². The van der Waals surface area contributed by atoms with Crippen LogP contribution in [0.15, 0.2) is 59.7 Å². The lowest BCUT2D eigenvalue weighted by atomic mass is 10.2. The largest absolute Gasteiger partial charge is 0.331 e. The molecule has 0 saturated carbocycles. The SMILES string of the molecule is Fc1ccccc1/C=N\NC(=S)Nc1ccccc1. The maximum Gasteiger partial charge on any atom is 0.191 e. The lowest BCUT2D eigenvalue weighted by Gasteiger charge is -2.06. The van der Waals surface area contributed by atoms with Crippen LogP contribution in [0, 0.1) is 5.82 Å². The fourth-order valence-electron chi connectivity index (χ4n) is 1.42. The van der Waals surface area contributed by atoms with Gasteiger partial charge in [-0.3, -0.25) is 5.43 Å². The summed E-state index contributed by atoms with van der Waals surface area (Å²) in [7, 11) is 0. The van der Waals surface area contributed by atoms with Crippen molar-refractivity contribution in [2.45, 2.75) is 0 Å². The number of halogens is 1. The highest BCUT2D eigenvalue weighted by Gasteiger charge is 1.97. The van der Waals surface area contributed by atoms with Crippen LogP contribution in [0.5, 0.6) is 0 Å². The van der Waals surface area contributed by atoms with E-state index >= 15 is 0 Å². The van der Waals surface area contributed by atoms with Crippen molar-refractivity contribution in [2.24, 2.45) is 5.10 Å². The Morgan fingerprint density at radius 3 is 2.47 bits per heavy atom. The van der Waals surface area contributed by atoms with Gasteiger partial charge in [-0.05, 0) is 30.4 Å². The summed E-state index contributed by atoms with van der Waals surface area (Å²) >= 11 is 5.05. The van der Waals surface area contributed by atoms with Gasteiger partial charge >= 0.3 is 0 Å². The number of hydrogen-bond donors (Lipinski definition) is 2. The number of para-hydroxylation sites is 1. The molecule has 3 nitrogen and oxygen atoms in total. The summed E-state index contributed by atoms with van der Waals surface area (Å²) in [5.41, 5.74) is 3.89. The molecule has 0 bridgehead atoms. The fraction of sp³-hybridized carbons (Fsp3) is 0. The molecule has 2 aromatic carbocycles. The Kier molecular flexibility index (Phi) is 4.58. The first kappa shape index (κ1) is 13.2. The van der Waals surface area contributed by atoms with E-state index in [2.05, 4.69) is 15.8 Å². The Morgan fingerprint density at radius 1 is 1.05 bits per heavy atom. The van der Waals surface area contributed by atoms with Crippen molar-refractivity contribution >= 4 is 29.2 Å². The van der Waals surface area contributed by atoms with Gasteiger partial charge < -0.3 is 5.32 Å². The number of rotatable bonds is 3. The van der Waals surface area contributed by atoms with Crippen LogP contribution < -0.4 is 10.7 Å². The molecule has 0 radical (unpaired) electrons. The van der Waals surface area contributed by atoms with Crippen molar-refractivity contribution in [1.82, 2.24) is 5.43 Å². The Morgan fingerprint density at radius 2 is 1.74 bits per heavy atom. The molecule has 0 heterocycles. The van der Waals surface area contributed by atoms with Gasteiger partial charge in [0.25, 0.3) is 0 Å². The first-order valence-electron chi connectivity index (χ1n) is 5.65. The molecule has 0 fully saturated rings. The zero-order valence-electron chi connectivity index (χ0n) is 10.0. The summed E-state index contributed by atoms with van der Waals surface area (Å²) in [5, 5.41) is 7.18. The normalized spacial score (nSPS) is 10.4. The Balaban J connectivity index is 1.89. The summed E-state index contributed by atoms with van der Waals surface area (Å²) < 4.78 is 13.3. The molecule has 0 spiro atoms. The van der Waals surface area contributed by atoms with E-state index in [1.165, 1.54) is 12.3 Å². The van der Waals surface area contributed by atoms with Gasteiger partial charge in [0.1, 0.15) is 5.82 Å². The molecule has 2 rings (SSSR count). The average molecular weight is 273 g/mol. The molecule has 0 aromatic heterocycles. The molecule has 0 amide bonds. The number of nitrogens with zero attached hydrogens (tertiary/aromatic N) is 1. The van der Waals surface area contributed by atoms with Crippen molar-refractivity contribution < 1.29 is 4.39 Å². The lowest BCUT2D eigenvalue weighted by molar-refractivity contribution is 0.626. The van der Waals surface area contributed by atoms with Crippen molar-refractivity contribution in [2.75, 3.05) is 5.32 Å². The predicted molar refractivity (Wildman–Crippen MR) is 79.8 cm³/mol. The standard InChI is InChI=1S/C14H12FN3S/c15-13-9-5-4-6-11(13)10-16-18-14(19)17-12-7-2-1-3-8-12/h1-10H,(H2,17,18,19)/b16-10-. The highest BCUT2D eigenvalue weighted by molar-refractivity contribution is 7.80. The van der Waals surface area contributed by atoms with Crippen molar-refractivity contribution in [3.8, 4) is 0 Å². The van der Waals surface area contributed by atoms with E-state index in [0.717, 1.165) is 5.69 Å². The van der Waals surface area contributed by atoms with E-state index in [9.17, 15) is 4.39 Å². The van der Waals surface area contributed by atoms with Crippen LogP contribution in [0.2, 0.25) is 0 Å². The summed E-state index contributed by atoms with van der Waals surface area (Å²) in [6.45, 7) is 0. The van der Waals surface area contributed by atoms with Crippen LogP contribution in [0.3, 0.4) is 0 Å². The quantitative estimate of drug-likeness (QED) is 0.512. The molecule has 2 N–H and O–H groups in total. The molecule has 0 aliphatic carbocycles. The second-order valence-corrected chi connectivity index (χ2v) is 4.12. The van der Waals surface area contributed by atoms with Gasteiger partial charge in [0.15, 0.2) is 5.11 Å². The Labute approximate surface area is 116 Å². The molecule has 19 heavy (non-hydrogen) atoms. The van der Waals surface area contributed by atoms with Gasteiger partial charge in [-0.2, -0.15) is 5.10 Å². The maximum absolute atomic E-state index is 13.3. The van der Waals surface area contributed by atoms with E-state index in [1.54, 1.807) is 18.2 Å². The third-order valence-electron chi connectivity index (χ3n) is 2.31. The van der Waals surface area contributed by atoms with Gasteiger partial charge in [-0.15, -0.1) is 0 Å². The molecule has 2 aromatic rings. The number of anilines is 1. The van der Waals surface area contributed by atoms with Gasteiger partial charge in [0, 0.05) is 11.3 Å². The molecule has 0 unspecified atom stereocenters. The molecular weight excluding hydrogens is 261 g/mol. The number of hydrazone groups is 1. The monoisotopic (exact) mass is 273 g/mol. The second kappa shape index (κ2) is 6.61. The lowest BCUT2D eigenvalue weighted by Crippen LogP contribution is -2.23. The number of benzene rings is 2. The highest BCUT2D eigenvalue weighted by Crippen LogP contribution is 2.04. The summed E-state index contributed by atoms with van der Waals surface area (Å²) in [6.07, 6.45) is 1.38. The third kappa shape index (κ3) is 4.15. The number of hydrogen-bond acceptors (Lipinski definition) is 2. The average Bonchev–Trinajstić information content (AvgIpc) is 2.42. The van der Waals surface area contributed by atoms with E-state index in [0.29, 0.717) is 10.7 Å². The topological polar surface area (TPSA) is 36.4 Å². The third-order valence-corrected chi connectivity index (χ3v) is 2.50. The molecular formula is C14H12FN3S. The first-order valence-corrected chi connectivity index (χ1v) is 6.06. The minimum absolute atomic E-state index is 0.324. The van der Waals surface area contributed by atoms with Gasteiger partial charge in [-0.1, -0.05) is 36.4 Å². The van der Waals surface area contributed by atoms with Crippen LogP contribution in [0.4, 0.5) is 10.1 Å². The molecule has 0 aliphatic heterocycles. The zero-order chi connectivity index (χ0) is 13.5. The van der Waals surface area contributed by atoms with Crippen LogP contribution in [0.25, 0.3) is 0 Å². The first-order chi connectivity index (χ1) is 9.25. The number of nitrogens with one attached hydrogen (secondary N) is 2. The smallest absolute Gasteiger partial charge is 0.191 e. The summed E-state index contributed by atoms with van der Waals surface area (Å²) in [6, 6.07) is 15.9. The van der Waals surface area contributed by atoms with Gasteiger partial charge in [0.05, 0.1) is 6.21 Å². The Bertz CT molecular complexity index is 584. The zero-order valence-corrected chi connectivity index (χ0v) is 10.8. The van der Waals surface area contributed by atoms with E-state index in [-0.39, 0.29) is 5.82 Å². The predicted octanol–water partition coefficient (Wildman–Crippen LogP) is 3.15. The Hall–Kier alpha value is -2.27. The molecule has 0 atom stereocenters. The number of thiocarbonyl (C=S) groups is 1.